The summed E-state index contributed by atoms with van der Waals surface area (Å²) in [5.74, 6) is -1.41. The van der Waals surface area contributed by atoms with Crippen LogP contribution in [0.2, 0.25) is 0 Å². The molecule has 0 aromatic heterocycles. The Balaban J connectivity index is 0.000000423. The van der Waals surface area contributed by atoms with Crippen LogP contribution < -0.4 is 0 Å². The second-order valence-corrected chi connectivity index (χ2v) is 4.83. The van der Waals surface area contributed by atoms with E-state index in [9.17, 15) is 19.7 Å². The highest BCUT2D eigenvalue weighted by molar-refractivity contribution is 5.87. The third-order valence-corrected chi connectivity index (χ3v) is 2.45. The maximum absolute atomic E-state index is 10.8. The third-order valence-electron chi connectivity index (χ3n) is 2.45. The molecular weight excluding hydrogens is 304 g/mol. The molecule has 0 unspecified atom stereocenters. The van der Waals surface area contributed by atoms with E-state index in [1.165, 1.54) is 12.1 Å². The summed E-state index contributed by atoms with van der Waals surface area (Å²) in [6, 6.07) is 4.70. The Hall–Kier alpha value is -2.74. The van der Waals surface area contributed by atoms with Gasteiger partial charge >= 0.3 is 11.9 Å². The molecule has 0 atom stereocenters. The monoisotopic (exact) mass is 324 g/mol. The SMILES string of the molecule is C=C(C)C(=O)OCCN(C)C.O=C(O)c1ccc([N+](=O)[O-])cc1. The van der Waals surface area contributed by atoms with Gasteiger partial charge in [-0.2, -0.15) is 0 Å². The molecule has 0 amide bonds. The minimum absolute atomic E-state index is 0.0422. The lowest BCUT2D eigenvalue weighted by Gasteiger charge is -2.09. The van der Waals surface area contributed by atoms with Crippen LogP contribution in [0.15, 0.2) is 36.4 Å². The molecule has 1 rings (SSSR count). The van der Waals surface area contributed by atoms with Gasteiger partial charge in [0.1, 0.15) is 6.61 Å². The lowest BCUT2D eigenvalue weighted by molar-refractivity contribution is -0.384. The van der Waals surface area contributed by atoms with Crippen molar-refractivity contribution < 1.29 is 24.4 Å². The number of ether oxygens (including phenoxy) is 1. The molecular formula is C15H20N2O6. The molecule has 0 aliphatic rings. The summed E-state index contributed by atoms with van der Waals surface area (Å²) in [5, 5.41) is 18.6. The van der Waals surface area contributed by atoms with Crippen LogP contribution in [0.25, 0.3) is 0 Å². The highest BCUT2D eigenvalue weighted by atomic mass is 16.6. The summed E-state index contributed by atoms with van der Waals surface area (Å²) >= 11 is 0. The van der Waals surface area contributed by atoms with E-state index in [1.807, 2.05) is 19.0 Å². The van der Waals surface area contributed by atoms with Gasteiger partial charge in [0, 0.05) is 24.3 Å². The number of aromatic carboxylic acids is 1. The van der Waals surface area contributed by atoms with Crippen LogP contribution in [0.4, 0.5) is 5.69 Å². The van der Waals surface area contributed by atoms with Crippen molar-refractivity contribution in [1.82, 2.24) is 4.90 Å². The zero-order valence-electron chi connectivity index (χ0n) is 13.3. The van der Waals surface area contributed by atoms with E-state index in [-0.39, 0.29) is 17.2 Å². The second-order valence-electron chi connectivity index (χ2n) is 4.83. The number of nitrogens with zero attached hydrogens (tertiary/aromatic N) is 2. The number of rotatable bonds is 6. The molecule has 0 aliphatic heterocycles. The van der Waals surface area contributed by atoms with Crippen LogP contribution in [0.3, 0.4) is 0 Å². The Morgan fingerprint density at radius 3 is 2.17 bits per heavy atom. The summed E-state index contributed by atoms with van der Waals surface area (Å²) in [7, 11) is 3.85. The Morgan fingerprint density at radius 1 is 1.30 bits per heavy atom. The number of nitro benzene ring substituents is 1. The van der Waals surface area contributed by atoms with E-state index in [4.69, 9.17) is 9.84 Å². The van der Waals surface area contributed by atoms with Crippen LogP contribution >= 0.6 is 0 Å². The first-order chi connectivity index (χ1) is 10.6. The Bertz CT molecular complexity index is 533. The Labute approximate surface area is 134 Å². The molecule has 1 N–H and O–H groups in total. The van der Waals surface area contributed by atoms with Gasteiger partial charge in [0.25, 0.3) is 5.69 Å². The fourth-order valence-electron chi connectivity index (χ4n) is 1.17. The number of carbonyl (C=O) groups excluding carboxylic acids is 1. The van der Waals surface area contributed by atoms with Crippen molar-refractivity contribution in [3.05, 3.63) is 52.1 Å². The smallest absolute Gasteiger partial charge is 0.335 e. The van der Waals surface area contributed by atoms with E-state index >= 15 is 0 Å². The summed E-state index contributed by atoms with van der Waals surface area (Å²) in [5.41, 5.74) is 0.379. The molecule has 0 bridgehead atoms. The van der Waals surface area contributed by atoms with Crippen molar-refractivity contribution in [3.63, 3.8) is 0 Å². The normalized spacial score (nSPS) is 9.57. The fraction of sp³-hybridized carbons (Fsp3) is 0.333. The van der Waals surface area contributed by atoms with Crippen molar-refractivity contribution in [2.45, 2.75) is 6.92 Å². The number of nitro groups is 1. The van der Waals surface area contributed by atoms with E-state index in [2.05, 4.69) is 6.58 Å². The number of likely N-dealkylation sites (N-methyl/N-ethyl adjacent to an activating group) is 1. The first kappa shape index (κ1) is 20.3. The van der Waals surface area contributed by atoms with E-state index < -0.39 is 10.9 Å². The number of hydrogen-bond donors (Lipinski definition) is 1. The van der Waals surface area contributed by atoms with E-state index in [0.29, 0.717) is 12.2 Å². The van der Waals surface area contributed by atoms with Crippen LogP contribution in [0.1, 0.15) is 17.3 Å². The summed E-state index contributed by atoms with van der Waals surface area (Å²) in [4.78, 5) is 32.6. The van der Waals surface area contributed by atoms with Crippen molar-refractivity contribution >= 4 is 17.6 Å². The summed E-state index contributed by atoms with van der Waals surface area (Å²) in [6.07, 6.45) is 0. The minimum Gasteiger partial charge on any atom is -0.478 e. The van der Waals surface area contributed by atoms with Crippen LogP contribution in [0.5, 0.6) is 0 Å². The highest BCUT2D eigenvalue weighted by Crippen LogP contribution is 2.11. The number of benzene rings is 1. The third kappa shape index (κ3) is 8.99. The molecule has 0 radical (unpaired) electrons. The fourth-order valence-corrected chi connectivity index (χ4v) is 1.17. The van der Waals surface area contributed by atoms with E-state index in [0.717, 1.165) is 18.7 Å². The molecule has 23 heavy (non-hydrogen) atoms. The van der Waals surface area contributed by atoms with Gasteiger partial charge in [-0.05, 0) is 33.2 Å². The zero-order chi connectivity index (χ0) is 18.0. The molecule has 1 aromatic carbocycles. The average molecular weight is 324 g/mol. The maximum Gasteiger partial charge on any atom is 0.335 e. The molecule has 126 valence electrons. The minimum atomic E-state index is -1.09. The van der Waals surface area contributed by atoms with Gasteiger partial charge in [0.2, 0.25) is 0 Å². The van der Waals surface area contributed by atoms with Gasteiger partial charge in [-0.3, -0.25) is 10.1 Å². The van der Waals surface area contributed by atoms with Gasteiger partial charge in [-0.1, -0.05) is 6.58 Å². The van der Waals surface area contributed by atoms with Crippen molar-refractivity contribution in [2.24, 2.45) is 0 Å². The predicted molar refractivity (Wildman–Crippen MR) is 84.4 cm³/mol. The van der Waals surface area contributed by atoms with Gasteiger partial charge in [0.05, 0.1) is 10.5 Å². The van der Waals surface area contributed by atoms with Crippen molar-refractivity contribution in [2.75, 3.05) is 27.2 Å². The maximum atomic E-state index is 10.8. The number of esters is 1. The standard InChI is InChI=1S/C8H15NO2.C7H5NO4/c1-7(2)8(10)11-6-5-9(3)4;9-7(10)5-1-3-6(4-2-5)8(11)12/h1,5-6H2,2-4H3;1-4H,(H,9,10). The average Bonchev–Trinajstić information content (AvgIpc) is 2.47. The second kappa shape index (κ2) is 10.1. The molecule has 8 nitrogen and oxygen atoms in total. The summed E-state index contributed by atoms with van der Waals surface area (Å²) in [6.45, 7) is 6.28. The number of non-ortho nitro benzene ring substituents is 1. The van der Waals surface area contributed by atoms with Crippen molar-refractivity contribution in [3.8, 4) is 0 Å². The number of carboxylic acid groups (broad SMARTS) is 1. The molecule has 0 spiro atoms. The van der Waals surface area contributed by atoms with Crippen LogP contribution in [-0.2, 0) is 9.53 Å². The molecule has 8 heteroatoms. The Morgan fingerprint density at radius 2 is 1.83 bits per heavy atom. The molecule has 0 aliphatic carbocycles. The molecule has 1 aromatic rings. The largest absolute Gasteiger partial charge is 0.478 e. The zero-order valence-corrected chi connectivity index (χ0v) is 13.3. The summed E-state index contributed by atoms with van der Waals surface area (Å²) < 4.78 is 4.83. The molecule has 0 heterocycles. The first-order valence-corrected chi connectivity index (χ1v) is 6.60. The molecule has 0 saturated carbocycles. The molecule has 0 fully saturated rings. The lowest BCUT2D eigenvalue weighted by Crippen LogP contribution is -2.20. The number of carbonyl (C=O) groups is 2. The number of hydrogen-bond acceptors (Lipinski definition) is 6. The van der Waals surface area contributed by atoms with Gasteiger partial charge in [-0.15, -0.1) is 0 Å². The predicted octanol–water partition coefficient (Wildman–Crippen LogP) is 1.96. The first-order valence-electron chi connectivity index (χ1n) is 6.60. The highest BCUT2D eigenvalue weighted by Gasteiger charge is 2.06. The Kier molecular flexibility index (Phi) is 8.87. The van der Waals surface area contributed by atoms with Gasteiger partial charge < -0.3 is 14.7 Å². The van der Waals surface area contributed by atoms with Crippen molar-refractivity contribution in [1.29, 1.82) is 0 Å². The van der Waals surface area contributed by atoms with E-state index in [1.54, 1.807) is 6.92 Å². The topological polar surface area (TPSA) is 110 Å². The lowest BCUT2D eigenvalue weighted by atomic mass is 10.2. The van der Waals surface area contributed by atoms with Gasteiger partial charge in [-0.25, -0.2) is 9.59 Å². The van der Waals surface area contributed by atoms with Crippen LogP contribution in [0, 0.1) is 10.1 Å². The molecule has 0 saturated heterocycles. The van der Waals surface area contributed by atoms with Gasteiger partial charge in [0.15, 0.2) is 0 Å². The number of carboxylic acids is 1. The quantitative estimate of drug-likeness (QED) is 0.368. The van der Waals surface area contributed by atoms with Crippen LogP contribution in [-0.4, -0.2) is 54.1 Å².